The van der Waals surface area contributed by atoms with Crippen LogP contribution in [0.15, 0.2) is 18.2 Å². The molecule has 1 unspecified atom stereocenters. The summed E-state index contributed by atoms with van der Waals surface area (Å²) in [6, 6.07) is 4.75. The van der Waals surface area contributed by atoms with Crippen molar-refractivity contribution in [2.45, 2.75) is 25.4 Å². The number of piperazine rings is 1. The SMILES string of the molecule is COC(=O)N1CCN(c2ccc(N3CC(CNC(=S)C4CCC4)OC3=O)cc2F)CC1. The first-order valence-electron chi connectivity index (χ1n) is 10.6. The number of nitrogens with zero attached hydrogens (tertiary/aromatic N) is 3. The quantitative estimate of drug-likeness (QED) is 0.692. The third-order valence-corrected chi connectivity index (χ3v) is 6.63. The van der Waals surface area contributed by atoms with Gasteiger partial charge in [-0.05, 0) is 31.0 Å². The summed E-state index contributed by atoms with van der Waals surface area (Å²) >= 11 is 5.39. The van der Waals surface area contributed by atoms with Crippen LogP contribution < -0.4 is 15.1 Å². The van der Waals surface area contributed by atoms with Crippen LogP contribution in [0, 0.1) is 11.7 Å². The standard InChI is InChI=1S/C21H27FN4O4S/c1-29-20(27)25-9-7-24(8-10-25)18-6-5-15(11-17(18)22)26-13-16(30-21(26)28)12-23-19(31)14-3-2-4-14/h5-6,11,14,16H,2-4,7-10,12-13H2,1H3,(H,23,31). The van der Waals surface area contributed by atoms with Gasteiger partial charge in [-0.15, -0.1) is 0 Å². The van der Waals surface area contributed by atoms with Gasteiger partial charge in [-0.3, -0.25) is 4.90 Å². The molecule has 0 spiro atoms. The minimum Gasteiger partial charge on any atom is -0.453 e. The van der Waals surface area contributed by atoms with Gasteiger partial charge in [-0.1, -0.05) is 18.6 Å². The zero-order chi connectivity index (χ0) is 22.0. The number of nitrogens with one attached hydrogen (secondary N) is 1. The lowest BCUT2D eigenvalue weighted by molar-refractivity contribution is 0.121. The molecule has 8 nitrogen and oxygen atoms in total. The summed E-state index contributed by atoms with van der Waals surface area (Å²) in [5, 5.41) is 3.21. The summed E-state index contributed by atoms with van der Waals surface area (Å²) in [4.78, 5) is 29.7. The predicted molar refractivity (Wildman–Crippen MR) is 118 cm³/mol. The van der Waals surface area contributed by atoms with E-state index in [2.05, 4.69) is 5.32 Å². The van der Waals surface area contributed by atoms with Crippen LogP contribution in [0.25, 0.3) is 0 Å². The van der Waals surface area contributed by atoms with Gasteiger partial charge in [-0.25, -0.2) is 14.0 Å². The number of methoxy groups -OCH3 is 1. The van der Waals surface area contributed by atoms with Gasteiger partial charge in [0.2, 0.25) is 0 Å². The van der Waals surface area contributed by atoms with Crippen molar-refractivity contribution in [3.63, 3.8) is 0 Å². The van der Waals surface area contributed by atoms with Gasteiger partial charge in [0.05, 0.1) is 36.6 Å². The summed E-state index contributed by atoms with van der Waals surface area (Å²) in [7, 11) is 1.35. The van der Waals surface area contributed by atoms with Crippen LogP contribution in [0.4, 0.5) is 25.4 Å². The number of anilines is 2. The topological polar surface area (TPSA) is 74.3 Å². The minimum absolute atomic E-state index is 0.334. The summed E-state index contributed by atoms with van der Waals surface area (Å²) in [6.45, 7) is 2.74. The number of thiocarbonyl (C=S) groups is 1. The average Bonchev–Trinajstić information content (AvgIpc) is 3.11. The van der Waals surface area contributed by atoms with Crippen molar-refractivity contribution in [1.82, 2.24) is 10.2 Å². The average molecular weight is 451 g/mol. The van der Waals surface area contributed by atoms with Crippen molar-refractivity contribution in [2.24, 2.45) is 5.92 Å². The molecule has 1 aromatic carbocycles. The lowest BCUT2D eigenvalue weighted by Gasteiger charge is -2.35. The molecular formula is C21H27FN4O4S. The lowest BCUT2D eigenvalue weighted by atomic mass is 9.85. The Morgan fingerprint density at radius 2 is 2.03 bits per heavy atom. The highest BCUT2D eigenvalue weighted by atomic mass is 32.1. The molecule has 31 heavy (non-hydrogen) atoms. The Kier molecular flexibility index (Phi) is 6.45. The molecule has 1 aromatic rings. The summed E-state index contributed by atoms with van der Waals surface area (Å²) in [6.07, 6.45) is 2.25. The van der Waals surface area contributed by atoms with Crippen LogP contribution in [-0.4, -0.2) is 74.6 Å². The van der Waals surface area contributed by atoms with Gasteiger partial charge in [0, 0.05) is 32.1 Å². The molecule has 2 amide bonds. The van der Waals surface area contributed by atoms with Gasteiger partial charge < -0.3 is 24.6 Å². The van der Waals surface area contributed by atoms with Gasteiger partial charge in [0.15, 0.2) is 0 Å². The monoisotopic (exact) mass is 450 g/mol. The molecule has 0 radical (unpaired) electrons. The second kappa shape index (κ2) is 9.25. The third-order valence-electron chi connectivity index (χ3n) is 6.15. The second-order valence-electron chi connectivity index (χ2n) is 8.07. The highest BCUT2D eigenvalue weighted by Gasteiger charge is 2.34. The van der Waals surface area contributed by atoms with E-state index >= 15 is 0 Å². The molecule has 0 aromatic heterocycles. The van der Waals surface area contributed by atoms with E-state index < -0.39 is 11.9 Å². The zero-order valence-electron chi connectivity index (χ0n) is 17.5. The van der Waals surface area contributed by atoms with Crippen LogP contribution >= 0.6 is 12.2 Å². The molecule has 1 N–H and O–H groups in total. The minimum atomic E-state index is -0.486. The zero-order valence-corrected chi connectivity index (χ0v) is 18.3. The Bertz CT molecular complexity index is 858. The normalized spacial score (nSPS) is 21.5. The van der Waals surface area contributed by atoms with Crippen LogP contribution in [0.1, 0.15) is 19.3 Å². The van der Waals surface area contributed by atoms with Crippen LogP contribution in [0.2, 0.25) is 0 Å². The molecule has 3 aliphatic rings. The number of amides is 2. The molecule has 1 aliphatic carbocycles. The molecule has 1 saturated carbocycles. The van der Waals surface area contributed by atoms with Crippen molar-refractivity contribution in [3.8, 4) is 0 Å². The fourth-order valence-electron chi connectivity index (χ4n) is 4.05. The number of ether oxygens (including phenoxy) is 2. The Morgan fingerprint density at radius 3 is 2.65 bits per heavy atom. The fraction of sp³-hybridized carbons (Fsp3) is 0.571. The molecule has 168 valence electrons. The maximum atomic E-state index is 14.9. The Labute approximate surface area is 186 Å². The van der Waals surface area contributed by atoms with Crippen molar-refractivity contribution < 1.29 is 23.5 Å². The first-order valence-corrected chi connectivity index (χ1v) is 11.0. The van der Waals surface area contributed by atoms with Crippen molar-refractivity contribution in [3.05, 3.63) is 24.0 Å². The molecule has 2 saturated heterocycles. The molecule has 3 fully saturated rings. The largest absolute Gasteiger partial charge is 0.453 e. The first kappa shape index (κ1) is 21.6. The number of cyclic esters (lactones) is 1. The number of benzene rings is 1. The van der Waals surface area contributed by atoms with Gasteiger partial charge in [0.1, 0.15) is 11.9 Å². The Balaban J connectivity index is 1.34. The fourth-order valence-corrected chi connectivity index (χ4v) is 4.37. The second-order valence-corrected chi connectivity index (χ2v) is 8.51. The molecule has 2 heterocycles. The van der Waals surface area contributed by atoms with E-state index in [4.69, 9.17) is 21.7 Å². The van der Waals surface area contributed by atoms with Crippen LogP contribution in [-0.2, 0) is 9.47 Å². The van der Waals surface area contributed by atoms with E-state index in [-0.39, 0.29) is 12.2 Å². The third kappa shape index (κ3) is 4.68. The Hall–Kier alpha value is -2.62. The summed E-state index contributed by atoms with van der Waals surface area (Å²) in [5.41, 5.74) is 0.911. The number of rotatable bonds is 5. The molecular weight excluding hydrogens is 423 g/mol. The molecule has 1 atom stereocenters. The number of halogens is 1. The maximum absolute atomic E-state index is 14.9. The van der Waals surface area contributed by atoms with Crippen molar-refractivity contribution >= 4 is 40.8 Å². The number of hydrogen-bond acceptors (Lipinski definition) is 6. The van der Waals surface area contributed by atoms with Crippen molar-refractivity contribution in [2.75, 3.05) is 56.2 Å². The smallest absolute Gasteiger partial charge is 0.414 e. The Morgan fingerprint density at radius 1 is 1.29 bits per heavy atom. The number of carbonyl (C=O) groups excluding carboxylic acids is 2. The first-order chi connectivity index (χ1) is 15.0. The van der Waals surface area contributed by atoms with Gasteiger partial charge in [-0.2, -0.15) is 0 Å². The van der Waals surface area contributed by atoms with E-state index in [1.54, 1.807) is 17.0 Å². The highest BCUT2D eigenvalue weighted by Crippen LogP contribution is 2.29. The van der Waals surface area contributed by atoms with Crippen LogP contribution in [0.5, 0.6) is 0 Å². The van der Waals surface area contributed by atoms with E-state index in [0.29, 0.717) is 56.6 Å². The van der Waals surface area contributed by atoms with Gasteiger partial charge in [0.25, 0.3) is 0 Å². The van der Waals surface area contributed by atoms with E-state index in [1.165, 1.54) is 24.5 Å². The predicted octanol–water partition coefficient (Wildman–Crippen LogP) is 2.76. The van der Waals surface area contributed by atoms with Gasteiger partial charge >= 0.3 is 12.2 Å². The summed E-state index contributed by atoms with van der Waals surface area (Å²) < 4.78 is 25.0. The van der Waals surface area contributed by atoms with E-state index in [1.807, 2.05) is 4.90 Å². The maximum Gasteiger partial charge on any atom is 0.414 e. The van der Waals surface area contributed by atoms with E-state index in [9.17, 15) is 14.0 Å². The molecule has 0 bridgehead atoms. The van der Waals surface area contributed by atoms with E-state index in [0.717, 1.165) is 17.8 Å². The molecule has 10 heteroatoms. The summed E-state index contributed by atoms with van der Waals surface area (Å²) in [5.74, 6) is 0.0314. The highest BCUT2D eigenvalue weighted by molar-refractivity contribution is 7.80. The molecule has 2 aliphatic heterocycles. The number of carbonyl (C=O) groups is 2. The van der Waals surface area contributed by atoms with Crippen LogP contribution in [0.3, 0.4) is 0 Å². The van der Waals surface area contributed by atoms with Crippen molar-refractivity contribution in [1.29, 1.82) is 0 Å². The molecule has 4 rings (SSSR count). The lowest BCUT2D eigenvalue weighted by Crippen LogP contribution is -2.49. The number of hydrogen-bond donors (Lipinski definition) is 1.